The SMILES string of the molecule is CCCOC(=O)c1cc(F)cc2[nH]ncc12. The summed E-state index contributed by atoms with van der Waals surface area (Å²) in [6.07, 6.45) is 2.22. The minimum Gasteiger partial charge on any atom is -0.462 e. The molecule has 0 amide bonds. The van der Waals surface area contributed by atoms with Gasteiger partial charge in [-0.25, -0.2) is 9.18 Å². The van der Waals surface area contributed by atoms with Gasteiger partial charge in [0.05, 0.1) is 23.9 Å². The molecule has 0 radical (unpaired) electrons. The van der Waals surface area contributed by atoms with Gasteiger partial charge in [-0.2, -0.15) is 5.10 Å². The van der Waals surface area contributed by atoms with E-state index in [0.717, 1.165) is 12.5 Å². The number of rotatable bonds is 3. The minimum absolute atomic E-state index is 0.206. The van der Waals surface area contributed by atoms with Crippen molar-refractivity contribution in [1.29, 1.82) is 0 Å². The third kappa shape index (κ3) is 1.88. The molecular formula is C11H11FN2O2. The number of aromatic nitrogens is 2. The number of H-pyrrole nitrogens is 1. The van der Waals surface area contributed by atoms with Crippen LogP contribution in [0.15, 0.2) is 18.3 Å². The van der Waals surface area contributed by atoms with Gasteiger partial charge in [-0.1, -0.05) is 6.92 Å². The molecule has 0 unspecified atom stereocenters. The van der Waals surface area contributed by atoms with E-state index >= 15 is 0 Å². The molecule has 5 heteroatoms. The normalized spacial score (nSPS) is 10.6. The summed E-state index contributed by atoms with van der Waals surface area (Å²) >= 11 is 0. The molecule has 0 saturated carbocycles. The van der Waals surface area contributed by atoms with E-state index < -0.39 is 11.8 Å². The van der Waals surface area contributed by atoms with Crippen LogP contribution in [-0.2, 0) is 4.74 Å². The van der Waals surface area contributed by atoms with Crippen molar-refractivity contribution in [3.8, 4) is 0 Å². The summed E-state index contributed by atoms with van der Waals surface area (Å²) in [6.45, 7) is 2.22. The first kappa shape index (κ1) is 10.6. The van der Waals surface area contributed by atoms with Crippen LogP contribution >= 0.6 is 0 Å². The number of nitrogens with one attached hydrogen (secondary N) is 1. The molecule has 0 saturated heterocycles. The molecule has 0 atom stereocenters. The van der Waals surface area contributed by atoms with Gasteiger partial charge in [0.25, 0.3) is 0 Å². The molecule has 4 nitrogen and oxygen atoms in total. The van der Waals surface area contributed by atoms with Crippen LogP contribution in [-0.4, -0.2) is 22.8 Å². The Bertz CT molecular complexity index is 522. The van der Waals surface area contributed by atoms with Crippen LogP contribution in [0.5, 0.6) is 0 Å². The fourth-order valence-electron chi connectivity index (χ4n) is 1.46. The van der Waals surface area contributed by atoms with E-state index in [-0.39, 0.29) is 5.56 Å². The van der Waals surface area contributed by atoms with Crippen molar-refractivity contribution in [1.82, 2.24) is 10.2 Å². The van der Waals surface area contributed by atoms with Crippen LogP contribution in [0.3, 0.4) is 0 Å². The van der Waals surface area contributed by atoms with Crippen LogP contribution in [0, 0.1) is 5.82 Å². The Morgan fingerprint density at radius 1 is 1.56 bits per heavy atom. The number of aromatic amines is 1. The number of ether oxygens (including phenoxy) is 1. The zero-order valence-corrected chi connectivity index (χ0v) is 8.79. The van der Waals surface area contributed by atoms with E-state index in [1.165, 1.54) is 12.3 Å². The number of carbonyl (C=O) groups excluding carboxylic acids is 1. The molecule has 16 heavy (non-hydrogen) atoms. The molecule has 0 aliphatic rings. The van der Waals surface area contributed by atoms with Gasteiger partial charge in [0.1, 0.15) is 5.82 Å². The van der Waals surface area contributed by atoms with Crippen molar-refractivity contribution in [3.63, 3.8) is 0 Å². The Morgan fingerprint density at radius 3 is 3.12 bits per heavy atom. The largest absolute Gasteiger partial charge is 0.462 e. The lowest BCUT2D eigenvalue weighted by atomic mass is 10.1. The lowest BCUT2D eigenvalue weighted by Crippen LogP contribution is -2.06. The van der Waals surface area contributed by atoms with Crippen molar-refractivity contribution in [2.24, 2.45) is 0 Å². The van der Waals surface area contributed by atoms with Gasteiger partial charge < -0.3 is 4.74 Å². The van der Waals surface area contributed by atoms with Gasteiger partial charge in [0.2, 0.25) is 0 Å². The number of hydrogen-bond donors (Lipinski definition) is 1. The molecule has 1 aromatic heterocycles. The average Bonchev–Trinajstić information content (AvgIpc) is 2.72. The Morgan fingerprint density at radius 2 is 2.38 bits per heavy atom. The molecular weight excluding hydrogens is 211 g/mol. The monoisotopic (exact) mass is 222 g/mol. The molecule has 0 aliphatic carbocycles. The highest BCUT2D eigenvalue weighted by atomic mass is 19.1. The lowest BCUT2D eigenvalue weighted by Gasteiger charge is -2.04. The predicted molar refractivity (Wildman–Crippen MR) is 56.6 cm³/mol. The second-order valence-electron chi connectivity index (χ2n) is 3.42. The summed E-state index contributed by atoms with van der Waals surface area (Å²) in [5, 5.41) is 6.95. The molecule has 2 aromatic rings. The van der Waals surface area contributed by atoms with E-state index in [1.807, 2.05) is 6.92 Å². The molecule has 0 spiro atoms. The molecule has 1 N–H and O–H groups in total. The van der Waals surface area contributed by atoms with Crippen molar-refractivity contribution >= 4 is 16.9 Å². The van der Waals surface area contributed by atoms with Gasteiger partial charge in [0.15, 0.2) is 0 Å². The van der Waals surface area contributed by atoms with E-state index in [0.29, 0.717) is 17.5 Å². The summed E-state index contributed by atoms with van der Waals surface area (Å²) in [7, 11) is 0. The number of hydrogen-bond acceptors (Lipinski definition) is 3. The summed E-state index contributed by atoms with van der Waals surface area (Å²) in [4.78, 5) is 11.6. The third-order valence-electron chi connectivity index (χ3n) is 2.18. The third-order valence-corrected chi connectivity index (χ3v) is 2.18. The second-order valence-corrected chi connectivity index (χ2v) is 3.42. The smallest absolute Gasteiger partial charge is 0.338 e. The van der Waals surface area contributed by atoms with E-state index in [2.05, 4.69) is 10.2 Å². The Hall–Kier alpha value is -1.91. The number of carbonyl (C=O) groups is 1. The Labute approximate surface area is 91.4 Å². The van der Waals surface area contributed by atoms with Crippen molar-refractivity contribution in [2.45, 2.75) is 13.3 Å². The minimum atomic E-state index is -0.521. The standard InChI is InChI=1S/C11H11FN2O2/c1-2-3-16-11(15)8-4-7(12)5-10-9(8)6-13-14-10/h4-6H,2-3H2,1H3,(H,13,14). The molecule has 84 valence electrons. The fourth-order valence-corrected chi connectivity index (χ4v) is 1.46. The van der Waals surface area contributed by atoms with Crippen LogP contribution in [0.25, 0.3) is 10.9 Å². The van der Waals surface area contributed by atoms with Crippen LogP contribution in [0.1, 0.15) is 23.7 Å². The van der Waals surface area contributed by atoms with Gasteiger partial charge in [-0.3, -0.25) is 5.10 Å². The quantitative estimate of drug-likeness (QED) is 0.810. The van der Waals surface area contributed by atoms with Crippen molar-refractivity contribution < 1.29 is 13.9 Å². The molecule has 0 fully saturated rings. The summed E-state index contributed by atoms with van der Waals surface area (Å²) in [5.74, 6) is -1.01. The first-order chi connectivity index (χ1) is 7.72. The van der Waals surface area contributed by atoms with Gasteiger partial charge in [-0.15, -0.1) is 0 Å². The molecule has 1 aromatic carbocycles. The zero-order valence-electron chi connectivity index (χ0n) is 8.79. The number of benzene rings is 1. The average molecular weight is 222 g/mol. The molecule has 2 rings (SSSR count). The highest BCUT2D eigenvalue weighted by molar-refractivity contribution is 6.03. The lowest BCUT2D eigenvalue weighted by molar-refractivity contribution is 0.0507. The number of nitrogens with zero attached hydrogens (tertiary/aromatic N) is 1. The number of halogens is 1. The first-order valence-electron chi connectivity index (χ1n) is 5.02. The first-order valence-corrected chi connectivity index (χ1v) is 5.02. The topological polar surface area (TPSA) is 55.0 Å². The van der Waals surface area contributed by atoms with E-state index in [4.69, 9.17) is 4.74 Å². The van der Waals surface area contributed by atoms with Gasteiger partial charge in [-0.05, 0) is 18.6 Å². The molecule has 0 aliphatic heterocycles. The van der Waals surface area contributed by atoms with Crippen molar-refractivity contribution in [3.05, 3.63) is 29.7 Å². The summed E-state index contributed by atoms with van der Waals surface area (Å²) in [5.41, 5.74) is 0.695. The van der Waals surface area contributed by atoms with Crippen LogP contribution in [0.4, 0.5) is 4.39 Å². The maximum Gasteiger partial charge on any atom is 0.338 e. The van der Waals surface area contributed by atoms with Crippen molar-refractivity contribution in [2.75, 3.05) is 6.61 Å². The summed E-state index contributed by atoms with van der Waals surface area (Å²) < 4.78 is 18.2. The fraction of sp³-hybridized carbons (Fsp3) is 0.273. The Kier molecular flexibility index (Phi) is 2.85. The predicted octanol–water partition coefficient (Wildman–Crippen LogP) is 2.27. The highest BCUT2D eigenvalue weighted by Gasteiger charge is 2.14. The zero-order chi connectivity index (χ0) is 11.5. The highest BCUT2D eigenvalue weighted by Crippen LogP contribution is 2.19. The summed E-state index contributed by atoms with van der Waals surface area (Å²) in [6, 6.07) is 2.45. The van der Waals surface area contributed by atoms with Gasteiger partial charge >= 0.3 is 5.97 Å². The second kappa shape index (κ2) is 4.30. The number of esters is 1. The molecule has 1 heterocycles. The van der Waals surface area contributed by atoms with Gasteiger partial charge in [0, 0.05) is 5.39 Å². The maximum atomic E-state index is 13.2. The van der Waals surface area contributed by atoms with Crippen LogP contribution < -0.4 is 0 Å². The van der Waals surface area contributed by atoms with Crippen LogP contribution in [0.2, 0.25) is 0 Å². The Balaban J connectivity index is 2.42. The van der Waals surface area contributed by atoms with E-state index in [9.17, 15) is 9.18 Å². The molecule has 0 bridgehead atoms. The number of fused-ring (bicyclic) bond motifs is 1. The maximum absolute atomic E-state index is 13.2. The van der Waals surface area contributed by atoms with E-state index in [1.54, 1.807) is 0 Å².